The summed E-state index contributed by atoms with van der Waals surface area (Å²) in [5, 5.41) is 0. The zero-order chi connectivity index (χ0) is 18.5. The number of hydrogen-bond acceptors (Lipinski definition) is 4. The number of amides is 2. The van der Waals surface area contributed by atoms with Crippen LogP contribution in [-0.2, 0) is 4.79 Å². The van der Waals surface area contributed by atoms with Crippen molar-refractivity contribution in [1.82, 2.24) is 14.7 Å². The van der Waals surface area contributed by atoms with Crippen LogP contribution in [-0.4, -0.2) is 66.3 Å². The average molecular weight is 376 g/mol. The molecule has 142 valence electrons. The number of nitrogens with zero attached hydrogens (tertiary/aromatic N) is 3. The zero-order valence-electron chi connectivity index (χ0n) is 15.8. The lowest BCUT2D eigenvalue weighted by molar-refractivity contribution is -0.131. The van der Waals surface area contributed by atoms with Crippen LogP contribution in [0, 0.1) is 0 Å². The van der Waals surface area contributed by atoms with Crippen molar-refractivity contribution in [3.05, 3.63) is 34.0 Å². The Morgan fingerprint density at radius 1 is 1.15 bits per heavy atom. The maximum Gasteiger partial charge on any atom is 0.263 e. The number of likely N-dealkylation sites (N-methyl/N-ethyl adjacent to an activating group) is 1. The van der Waals surface area contributed by atoms with E-state index in [1.54, 1.807) is 11.3 Å². The van der Waals surface area contributed by atoms with Crippen molar-refractivity contribution in [2.75, 3.05) is 39.8 Å². The van der Waals surface area contributed by atoms with Gasteiger partial charge in [0.2, 0.25) is 5.91 Å². The SMILES string of the molecule is C/C=C/CC(=O)N1CCC[C@H]1c1ccc(C(=O)N2CCCN(C)CC2)s1. The molecule has 1 aromatic rings. The zero-order valence-corrected chi connectivity index (χ0v) is 16.6. The molecule has 3 heterocycles. The topological polar surface area (TPSA) is 43.9 Å². The van der Waals surface area contributed by atoms with Gasteiger partial charge in [-0.3, -0.25) is 9.59 Å². The predicted octanol–water partition coefficient (Wildman–Crippen LogP) is 3.16. The molecule has 0 saturated carbocycles. The van der Waals surface area contributed by atoms with Gasteiger partial charge in [0.25, 0.3) is 5.91 Å². The minimum Gasteiger partial charge on any atom is -0.337 e. The van der Waals surface area contributed by atoms with Gasteiger partial charge in [-0.2, -0.15) is 0 Å². The van der Waals surface area contributed by atoms with Crippen LogP contribution < -0.4 is 0 Å². The minimum absolute atomic E-state index is 0.134. The molecule has 6 heteroatoms. The van der Waals surface area contributed by atoms with Gasteiger partial charge in [0.1, 0.15) is 0 Å². The highest BCUT2D eigenvalue weighted by molar-refractivity contribution is 7.14. The third-order valence-corrected chi connectivity index (χ3v) is 6.45. The summed E-state index contributed by atoms with van der Waals surface area (Å²) in [6.45, 7) is 6.35. The Hall–Kier alpha value is -1.66. The first-order valence-corrected chi connectivity index (χ1v) is 10.4. The van der Waals surface area contributed by atoms with E-state index in [9.17, 15) is 9.59 Å². The van der Waals surface area contributed by atoms with E-state index in [1.807, 2.05) is 41.0 Å². The molecule has 5 nitrogen and oxygen atoms in total. The summed E-state index contributed by atoms with van der Waals surface area (Å²) < 4.78 is 0. The van der Waals surface area contributed by atoms with E-state index in [-0.39, 0.29) is 17.9 Å². The summed E-state index contributed by atoms with van der Waals surface area (Å²) in [6.07, 6.45) is 7.35. The van der Waals surface area contributed by atoms with Gasteiger partial charge in [-0.05, 0) is 51.9 Å². The van der Waals surface area contributed by atoms with E-state index in [1.165, 1.54) is 0 Å². The summed E-state index contributed by atoms with van der Waals surface area (Å²) in [5.41, 5.74) is 0. The van der Waals surface area contributed by atoms with Crippen molar-refractivity contribution in [2.24, 2.45) is 0 Å². The first-order valence-electron chi connectivity index (χ1n) is 9.58. The number of thiophene rings is 1. The Morgan fingerprint density at radius 3 is 2.81 bits per heavy atom. The Bertz CT molecular complexity index is 670. The fourth-order valence-corrected chi connectivity index (χ4v) is 4.87. The van der Waals surface area contributed by atoms with Crippen LogP contribution in [0.5, 0.6) is 0 Å². The molecule has 0 aliphatic carbocycles. The van der Waals surface area contributed by atoms with Crippen LogP contribution >= 0.6 is 11.3 Å². The summed E-state index contributed by atoms with van der Waals surface area (Å²) >= 11 is 1.57. The number of carbonyl (C=O) groups is 2. The first kappa shape index (κ1) is 19.1. The quantitative estimate of drug-likeness (QED) is 0.760. The fraction of sp³-hybridized carbons (Fsp3) is 0.600. The van der Waals surface area contributed by atoms with Crippen LogP contribution in [0.3, 0.4) is 0 Å². The van der Waals surface area contributed by atoms with Crippen molar-refractivity contribution in [3.63, 3.8) is 0 Å². The van der Waals surface area contributed by atoms with Crippen molar-refractivity contribution in [1.29, 1.82) is 0 Å². The molecule has 26 heavy (non-hydrogen) atoms. The number of carbonyl (C=O) groups excluding carboxylic acids is 2. The second-order valence-corrected chi connectivity index (χ2v) is 8.28. The van der Waals surface area contributed by atoms with Gasteiger partial charge in [0, 0.05) is 37.5 Å². The van der Waals surface area contributed by atoms with Crippen LogP contribution in [0.15, 0.2) is 24.3 Å². The summed E-state index contributed by atoms with van der Waals surface area (Å²) in [7, 11) is 2.11. The maximum atomic E-state index is 12.9. The molecular weight excluding hydrogens is 346 g/mol. The molecule has 2 saturated heterocycles. The van der Waals surface area contributed by atoms with Gasteiger partial charge in [0.15, 0.2) is 0 Å². The Labute approximate surface area is 160 Å². The van der Waals surface area contributed by atoms with Gasteiger partial charge in [-0.15, -0.1) is 11.3 Å². The van der Waals surface area contributed by atoms with Crippen LogP contribution in [0.1, 0.15) is 53.2 Å². The van der Waals surface area contributed by atoms with Crippen molar-refractivity contribution in [2.45, 2.75) is 38.6 Å². The lowest BCUT2D eigenvalue weighted by Gasteiger charge is -2.23. The van der Waals surface area contributed by atoms with E-state index in [0.717, 1.165) is 61.7 Å². The molecule has 3 rings (SSSR count). The smallest absolute Gasteiger partial charge is 0.263 e. The molecule has 0 N–H and O–H groups in total. The third kappa shape index (κ3) is 4.35. The number of likely N-dealkylation sites (tertiary alicyclic amines) is 1. The summed E-state index contributed by atoms with van der Waals surface area (Å²) in [6, 6.07) is 4.13. The molecule has 1 atom stereocenters. The highest BCUT2D eigenvalue weighted by atomic mass is 32.1. The molecule has 2 amide bonds. The van der Waals surface area contributed by atoms with E-state index >= 15 is 0 Å². The fourth-order valence-electron chi connectivity index (χ4n) is 3.75. The molecule has 0 aromatic carbocycles. The summed E-state index contributed by atoms with van der Waals surface area (Å²) in [4.78, 5) is 33.5. The molecule has 2 aliphatic heterocycles. The molecule has 2 fully saturated rings. The van der Waals surface area contributed by atoms with Crippen molar-refractivity contribution in [3.8, 4) is 0 Å². The molecule has 0 radical (unpaired) electrons. The lowest BCUT2D eigenvalue weighted by Crippen LogP contribution is -2.34. The number of hydrogen-bond donors (Lipinski definition) is 0. The maximum absolute atomic E-state index is 12.9. The largest absolute Gasteiger partial charge is 0.337 e. The third-order valence-electron chi connectivity index (χ3n) is 5.27. The highest BCUT2D eigenvalue weighted by Gasteiger charge is 2.31. The average Bonchev–Trinajstić information content (AvgIpc) is 3.26. The molecule has 0 spiro atoms. The van der Waals surface area contributed by atoms with E-state index in [0.29, 0.717) is 6.42 Å². The molecule has 1 aromatic heterocycles. The Balaban J connectivity index is 1.68. The molecule has 0 bridgehead atoms. The monoisotopic (exact) mass is 375 g/mol. The first-order chi connectivity index (χ1) is 12.6. The second-order valence-electron chi connectivity index (χ2n) is 7.17. The second kappa shape index (κ2) is 8.82. The van der Waals surface area contributed by atoms with Crippen molar-refractivity contribution >= 4 is 23.2 Å². The Morgan fingerprint density at radius 2 is 2.00 bits per heavy atom. The standard InChI is InChI=1S/C20H29N3O2S/c1-3-4-8-19(24)23-13-5-7-16(23)17-9-10-18(26-17)20(25)22-12-6-11-21(2)14-15-22/h3-4,9-10,16H,5-8,11-15H2,1-2H3/b4-3+/t16-/m0/s1. The molecular formula is C20H29N3O2S. The number of allylic oxidation sites excluding steroid dienone is 1. The van der Waals surface area contributed by atoms with Crippen molar-refractivity contribution < 1.29 is 9.59 Å². The van der Waals surface area contributed by atoms with E-state index in [2.05, 4.69) is 11.9 Å². The molecule has 2 aliphatic rings. The highest BCUT2D eigenvalue weighted by Crippen LogP contribution is 2.36. The predicted molar refractivity (Wildman–Crippen MR) is 105 cm³/mol. The van der Waals surface area contributed by atoms with E-state index in [4.69, 9.17) is 0 Å². The van der Waals surface area contributed by atoms with Crippen LogP contribution in [0.2, 0.25) is 0 Å². The van der Waals surface area contributed by atoms with Gasteiger partial charge < -0.3 is 14.7 Å². The molecule has 0 unspecified atom stereocenters. The minimum atomic E-state index is 0.134. The normalized spacial score (nSPS) is 22.2. The Kier molecular flexibility index (Phi) is 6.48. The van der Waals surface area contributed by atoms with Gasteiger partial charge >= 0.3 is 0 Å². The van der Waals surface area contributed by atoms with E-state index < -0.39 is 0 Å². The van der Waals surface area contributed by atoms with Gasteiger partial charge in [0.05, 0.1) is 10.9 Å². The van der Waals surface area contributed by atoms with Gasteiger partial charge in [-0.1, -0.05) is 12.2 Å². The van der Waals surface area contributed by atoms with Gasteiger partial charge in [-0.25, -0.2) is 0 Å². The number of rotatable bonds is 4. The van der Waals surface area contributed by atoms with Crippen LogP contribution in [0.25, 0.3) is 0 Å². The van der Waals surface area contributed by atoms with Crippen LogP contribution in [0.4, 0.5) is 0 Å². The lowest BCUT2D eigenvalue weighted by atomic mass is 10.2. The summed E-state index contributed by atoms with van der Waals surface area (Å²) in [5.74, 6) is 0.323.